The van der Waals surface area contributed by atoms with E-state index in [1.165, 1.54) is 0 Å². The fraction of sp³-hybridized carbons (Fsp3) is 0.812. The maximum Gasteiger partial charge on any atom is 0.276 e. The van der Waals surface area contributed by atoms with Crippen LogP contribution in [0.3, 0.4) is 0 Å². The Morgan fingerprint density at radius 2 is 2.04 bits per heavy atom. The van der Waals surface area contributed by atoms with Crippen LogP contribution in [-0.2, 0) is 4.74 Å². The predicted molar refractivity (Wildman–Crippen MR) is 93.7 cm³/mol. The molecule has 136 valence electrons. The lowest BCUT2D eigenvalue weighted by Gasteiger charge is -2.36. The first kappa shape index (κ1) is 19.1. The Labute approximate surface area is 149 Å². The summed E-state index contributed by atoms with van der Waals surface area (Å²) in [5.74, 6) is -0.0173. The van der Waals surface area contributed by atoms with Gasteiger partial charge in [-0.05, 0) is 46.2 Å². The minimum atomic E-state index is -0.0173. The SMILES string of the molecule is CCC1CN(C(=O)c2nnn(C3CCNCC3)c2C)CC(C)O1.Cl. The summed E-state index contributed by atoms with van der Waals surface area (Å²) < 4.78 is 7.78. The van der Waals surface area contributed by atoms with Gasteiger partial charge < -0.3 is 15.0 Å². The third-order valence-corrected chi connectivity index (χ3v) is 4.85. The Bertz CT molecular complexity index is 559. The number of amides is 1. The molecule has 0 aromatic carbocycles. The third kappa shape index (κ3) is 3.90. The van der Waals surface area contributed by atoms with Crippen molar-refractivity contribution in [2.45, 2.75) is 58.3 Å². The highest BCUT2D eigenvalue weighted by atomic mass is 35.5. The molecule has 0 aliphatic carbocycles. The number of ether oxygens (including phenoxy) is 1. The third-order valence-electron chi connectivity index (χ3n) is 4.85. The molecular weight excluding hydrogens is 330 g/mol. The summed E-state index contributed by atoms with van der Waals surface area (Å²) in [6.07, 6.45) is 3.16. The number of halogens is 1. The summed E-state index contributed by atoms with van der Waals surface area (Å²) in [5.41, 5.74) is 1.38. The number of nitrogens with one attached hydrogen (secondary N) is 1. The minimum Gasteiger partial charge on any atom is -0.372 e. The Kier molecular flexibility index (Phi) is 6.60. The first-order chi connectivity index (χ1) is 11.1. The zero-order valence-electron chi connectivity index (χ0n) is 14.7. The van der Waals surface area contributed by atoms with Gasteiger partial charge in [-0.3, -0.25) is 4.79 Å². The number of carbonyl (C=O) groups excluding carboxylic acids is 1. The normalized spacial score (nSPS) is 25.4. The second-order valence-corrected chi connectivity index (χ2v) is 6.64. The van der Waals surface area contributed by atoms with Gasteiger partial charge in [0.1, 0.15) is 0 Å². The number of rotatable bonds is 3. The van der Waals surface area contributed by atoms with E-state index in [-0.39, 0.29) is 30.5 Å². The number of morpholine rings is 1. The molecule has 7 nitrogen and oxygen atoms in total. The van der Waals surface area contributed by atoms with Crippen LogP contribution in [0.2, 0.25) is 0 Å². The van der Waals surface area contributed by atoms with E-state index >= 15 is 0 Å². The van der Waals surface area contributed by atoms with Gasteiger partial charge in [0, 0.05) is 13.1 Å². The average Bonchev–Trinajstić information content (AvgIpc) is 2.96. The molecule has 1 aromatic heterocycles. The Balaban J connectivity index is 0.00000208. The zero-order chi connectivity index (χ0) is 16.4. The summed E-state index contributed by atoms with van der Waals surface area (Å²) in [5, 5.41) is 11.8. The van der Waals surface area contributed by atoms with Gasteiger partial charge in [-0.1, -0.05) is 12.1 Å². The molecule has 2 fully saturated rings. The lowest BCUT2D eigenvalue weighted by Crippen LogP contribution is -2.49. The van der Waals surface area contributed by atoms with Gasteiger partial charge in [0.2, 0.25) is 0 Å². The Morgan fingerprint density at radius 1 is 1.33 bits per heavy atom. The van der Waals surface area contributed by atoms with Gasteiger partial charge >= 0.3 is 0 Å². The molecule has 2 aliphatic rings. The van der Waals surface area contributed by atoms with Crippen LogP contribution in [0.5, 0.6) is 0 Å². The molecule has 3 rings (SSSR count). The second kappa shape index (κ2) is 8.27. The first-order valence-electron chi connectivity index (χ1n) is 8.67. The quantitative estimate of drug-likeness (QED) is 0.889. The van der Waals surface area contributed by atoms with Crippen molar-refractivity contribution in [3.63, 3.8) is 0 Å². The fourth-order valence-corrected chi connectivity index (χ4v) is 3.52. The van der Waals surface area contributed by atoms with Gasteiger partial charge in [-0.2, -0.15) is 0 Å². The average molecular weight is 358 g/mol. The highest BCUT2D eigenvalue weighted by Gasteiger charge is 2.31. The van der Waals surface area contributed by atoms with Crippen LogP contribution >= 0.6 is 12.4 Å². The van der Waals surface area contributed by atoms with Crippen molar-refractivity contribution in [3.05, 3.63) is 11.4 Å². The Hall–Kier alpha value is -1.18. The van der Waals surface area contributed by atoms with Crippen LogP contribution in [0, 0.1) is 6.92 Å². The van der Waals surface area contributed by atoms with E-state index in [1.54, 1.807) is 0 Å². The molecule has 3 heterocycles. The molecule has 1 N–H and O–H groups in total. The maximum absolute atomic E-state index is 12.9. The standard InChI is InChI=1S/C16H27N5O2.ClH/c1-4-14-10-20(9-11(2)23-14)16(22)15-12(3)21(19-18-15)13-5-7-17-8-6-13;/h11,13-14,17H,4-10H2,1-3H3;1H. The summed E-state index contributed by atoms with van der Waals surface area (Å²) in [7, 11) is 0. The number of carbonyl (C=O) groups is 1. The fourth-order valence-electron chi connectivity index (χ4n) is 3.52. The summed E-state index contributed by atoms with van der Waals surface area (Å²) in [4.78, 5) is 14.7. The number of hydrogen-bond acceptors (Lipinski definition) is 5. The van der Waals surface area contributed by atoms with E-state index < -0.39 is 0 Å². The van der Waals surface area contributed by atoms with Gasteiger partial charge in [-0.15, -0.1) is 17.5 Å². The molecule has 0 spiro atoms. The molecule has 1 amide bonds. The lowest BCUT2D eigenvalue weighted by molar-refractivity contribution is -0.0682. The van der Waals surface area contributed by atoms with E-state index in [4.69, 9.17) is 4.74 Å². The van der Waals surface area contributed by atoms with E-state index in [1.807, 2.05) is 23.4 Å². The molecule has 24 heavy (non-hydrogen) atoms. The van der Waals surface area contributed by atoms with Crippen LogP contribution in [0.1, 0.15) is 55.3 Å². The molecule has 0 saturated carbocycles. The minimum absolute atomic E-state index is 0. The van der Waals surface area contributed by atoms with E-state index in [9.17, 15) is 4.79 Å². The van der Waals surface area contributed by atoms with Gasteiger partial charge in [0.15, 0.2) is 5.69 Å². The Morgan fingerprint density at radius 3 is 2.71 bits per heavy atom. The topological polar surface area (TPSA) is 72.3 Å². The van der Waals surface area contributed by atoms with Gasteiger partial charge in [0.05, 0.1) is 23.9 Å². The molecule has 0 radical (unpaired) electrons. The van der Waals surface area contributed by atoms with E-state index in [0.717, 1.165) is 38.0 Å². The van der Waals surface area contributed by atoms with Crippen LogP contribution in [0.25, 0.3) is 0 Å². The molecule has 0 bridgehead atoms. The summed E-state index contributed by atoms with van der Waals surface area (Å²) in [6.45, 7) is 9.30. The maximum atomic E-state index is 12.9. The van der Waals surface area contributed by atoms with Crippen molar-refractivity contribution in [1.82, 2.24) is 25.2 Å². The molecule has 2 aliphatic heterocycles. The van der Waals surface area contributed by atoms with E-state index in [2.05, 4.69) is 22.6 Å². The number of aromatic nitrogens is 3. The summed E-state index contributed by atoms with van der Waals surface area (Å²) >= 11 is 0. The zero-order valence-corrected chi connectivity index (χ0v) is 15.5. The van der Waals surface area contributed by atoms with Crippen molar-refractivity contribution >= 4 is 18.3 Å². The largest absolute Gasteiger partial charge is 0.372 e. The predicted octanol–water partition coefficient (Wildman–Crippen LogP) is 1.57. The summed E-state index contributed by atoms with van der Waals surface area (Å²) in [6, 6.07) is 0.345. The smallest absolute Gasteiger partial charge is 0.276 e. The van der Waals surface area contributed by atoms with Crippen molar-refractivity contribution < 1.29 is 9.53 Å². The second-order valence-electron chi connectivity index (χ2n) is 6.64. The van der Waals surface area contributed by atoms with Crippen LogP contribution in [0.4, 0.5) is 0 Å². The molecule has 8 heteroatoms. The molecule has 1 aromatic rings. The number of piperidine rings is 1. The van der Waals surface area contributed by atoms with Gasteiger partial charge in [0.25, 0.3) is 5.91 Å². The van der Waals surface area contributed by atoms with Crippen LogP contribution < -0.4 is 5.32 Å². The highest BCUT2D eigenvalue weighted by molar-refractivity contribution is 5.93. The van der Waals surface area contributed by atoms with Gasteiger partial charge in [-0.25, -0.2) is 4.68 Å². The van der Waals surface area contributed by atoms with Crippen LogP contribution in [0.15, 0.2) is 0 Å². The molecule has 2 atom stereocenters. The van der Waals surface area contributed by atoms with E-state index in [0.29, 0.717) is 24.8 Å². The highest BCUT2D eigenvalue weighted by Crippen LogP contribution is 2.22. The van der Waals surface area contributed by atoms with Crippen molar-refractivity contribution in [1.29, 1.82) is 0 Å². The number of hydrogen-bond donors (Lipinski definition) is 1. The molecular formula is C16H28ClN5O2. The molecule has 2 unspecified atom stereocenters. The van der Waals surface area contributed by atoms with Crippen LogP contribution in [-0.4, -0.2) is 64.2 Å². The first-order valence-corrected chi connectivity index (χ1v) is 8.67. The molecule has 2 saturated heterocycles. The number of nitrogens with zero attached hydrogens (tertiary/aromatic N) is 4. The monoisotopic (exact) mass is 357 g/mol. The lowest BCUT2D eigenvalue weighted by atomic mass is 10.1. The van der Waals surface area contributed by atoms with Crippen molar-refractivity contribution in [2.24, 2.45) is 0 Å². The van der Waals surface area contributed by atoms with Crippen molar-refractivity contribution in [3.8, 4) is 0 Å². The van der Waals surface area contributed by atoms with Crippen molar-refractivity contribution in [2.75, 3.05) is 26.2 Å².